The lowest BCUT2D eigenvalue weighted by Crippen LogP contribution is -2.39. The minimum atomic E-state index is -0.816. The molecule has 3 aromatic carbocycles. The normalized spacial score (nSPS) is 14.2. The zero-order chi connectivity index (χ0) is 33.0. The summed E-state index contributed by atoms with van der Waals surface area (Å²) in [5.41, 5.74) is 1.79. The predicted molar refractivity (Wildman–Crippen MR) is 179 cm³/mol. The Morgan fingerprint density at radius 2 is 1.76 bits per heavy atom. The number of non-ortho nitro benzene ring substituents is 1. The van der Waals surface area contributed by atoms with Gasteiger partial charge >= 0.3 is 5.97 Å². The van der Waals surface area contributed by atoms with E-state index in [9.17, 15) is 19.7 Å². The molecular formula is C32H27Br2N3O8S. The first-order chi connectivity index (χ1) is 22.1. The number of nitro benzene ring substituents is 1. The highest BCUT2D eigenvalue weighted by molar-refractivity contribution is 9.11. The summed E-state index contributed by atoms with van der Waals surface area (Å²) in [7, 11) is 1.28. The van der Waals surface area contributed by atoms with Crippen molar-refractivity contribution in [2.45, 2.75) is 26.5 Å². The summed E-state index contributed by atoms with van der Waals surface area (Å²) in [6.45, 7) is 4.68. The molecule has 238 valence electrons. The Kier molecular flexibility index (Phi) is 10.4. The number of hydrogen-bond donors (Lipinski definition) is 0. The first-order valence-electron chi connectivity index (χ1n) is 14.0. The third kappa shape index (κ3) is 6.93. The number of hydrogen-bond acceptors (Lipinski definition) is 10. The lowest BCUT2D eigenvalue weighted by Gasteiger charge is -2.23. The second-order valence-corrected chi connectivity index (χ2v) is 12.5. The van der Waals surface area contributed by atoms with Crippen LogP contribution in [0.25, 0.3) is 6.08 Å². The van der Waals surface area contributed by atoms with Crippen LogP contribution in [-0.4, -0.2) is 35.8 Å². The van der Waals surface area contributed by atoms with Gasteiger partial charge in [0.05, 0.1) is 50.3 Å². The second kappa shape index (κ2) is 14.4. The maximum Gasteiger partial charge on any atom is 0.337 e. The molecule has 1 aliphatic rings. The predicted octanol–water partition coefficient (Wildman–Crippen LogP) is 5.83. The van der Waals surface area contributed by atoms with Crippen molar-refractivity contribution in [3.63, 3.8) is 0 Å². The van der Waals surface area contributed by atoms with Gasteiger partial charge in [-0.05, 0) is 92.7 Å². The van der Waals surface area contributed by atoms with E-state index in [-0.39, 0.29) is 23.4 Å². The minimum Gasteiger partial charge on any atom is -0.490 e. The van der Waals surface area contributed by atoms with Gasteiger partial charge in [0.15, 0.2) is 16.3 Å². The Labute approximate surface area is 283 Å². The van der Waals surface area contributed by atoms with E-state index >= 15 is 0 Å². The van der Waals surface area contributed by atoms with E-state index in [0.717, 1.165) is 0 Å². The number of halogens is 2. The van der Waals surface area contributed by atoms with Gasteiger partial charge in [-0.25, -0.2) is 9.79 Å². The number of carbonyl (C=O) groups is 1. The summed E-state index contributed by atoms with van der Waals surface area (Å²) in [6.07, 6.45) is 3.16. The van der Waals surface area contributed by atoms with Crippen molar-refractivity contribution in [1.29, 1.82) is 0 Å². The SMILES string of the molecule is CCOc1ccc([C@@H]2C(C(=O)OC)=CN=c3s/c(=C\c4cc(Br)c(OCc5cccc([N+](=O)[O-])c5)c(Br)c4)c(=O)n32)cc1OCC. The number of aromatic nitrogens is 1. The molecule has 5 rings (SSSR count). The van der Waals surface area contributed by atoms with Gasteiger partial charge in [-0.3, -0.25) is 19.5 Å². The van der Waals surface area contributed by atoms with Crippen LogP contribution in [0.2, 0.25) is 0 Å². The Bertz CT molecular complexity index is 2020. The van der Waals surface area contributed by atoms with Crippen LogP contribution < -0.4 is 29.1 Å². The van der Waals surface area contributed by atoms with Crippen LogP contribution in [-0.2, 0) is 16.1 Å². The number of carbonyl (C=O) groups excluding carboxylic acids is 1. The van der Waals surface area contributed by atoms with Gasteiger partial charge in [0.2, 0.25) is 0 Å². The number of nitrogens with zero attached hydrogens (tertiary/aromatic N) is 3. The summed E-state index contributed by atoms with van der Waals surface area (Å²) in [5, 5.41) is 11.1. The molecule has 11 nitrogen and oxygen atoms in total. The highest BCUT2D eigenvalue weighted by Gasteiger charge is 2.31. The average molecular weight is 773 g/mol. The Hall–Kier alpha value is -4.27. The van der Waals surface area contributed by atoms with Gasteiger partial charge < -0.3 is 18.9 Å². The molecule has 0 amide bonds. The number of rotatable bonds is 11. The molecule has 14 heteroatoms. The van der Waals surface area contributed by atoms with Gasteiger partial charge in [0.25, 0.3) is 11.2 Å². The smallest absolute Gasteiger partial charge is 0.337 e. The molecule has 46 heavy (non-hydrogen) atoms. The number of esters is 1. The summed E-state index contributed by atoms with van der Waals surface area (Å²) in [4.78, 5) is 42.3. The molecule has 2 heterocycles. The first kappa shape index (κ1) is 33.1. The van der Waals surface area contributed by atoms with Gasteiger partial charge in [-0.2, -0.15) is 0 Å². The average Bonchev–Trinajstić information content (AvgIpc) is 3.35. The van der Waals surface area contributed by atoms with E-state index in [0.29, 0.717) is 65.4 Å². The number of methoxy groups -OCH3 is 1. The van der Waals surface area contributed by atoms with E-state index in [1.165, 1.54) is 41.3 Å². The van der Waals surface area contributed by atoms with E-state index in [2.05, 4.69) is 36.9 Å². The third-order valence-electron chi connectivity index (χ3n) is 6.83. The van der Waals surface area contributed by atoms with Crippen LogP contribution in [0.3, 0.4) is 0 Å². The molecule has 0 bridgehead atoms. The highest BCUT2D eigenvalue weighted by Crippen LogP contribution is 2.37. The Balaban J connectivity index is 1.52. The number of thiazole rings is 1. The van der Waals surface area contributed by atoms with Crippen LogP contribution in [0.4, 0.5) is 5.69 Å². The van der Waals surface area contributed by atoms with E-state index in [1.807, 2.05) is 13.8 Å². The highest BCUT2D eigenvalue weighted by atomic mass is 79.9. The van der Waals surface area contributed by atoms with Crippen LogP contribution in [0, 0.1) is 10.1 Å². The van der Waals surface area contributed by atoms with Crippen molar-refractivity contribution in [1.82, 2.24) is 4.57 Å². The molecule has 0 saturated heterocycles. The van der Waals surface area contributed by atoms with Crippen LogP contribution in [0.15, 0.2) is 85.1 Å². The van der Waals surface area contributed by atoms with Gasteiger partial charge in [0, 0.05) is 18.3 Å². The van der Waals surface area contributed by atoms with Crippen molar-refractivity contribution in [3.05, 3.63) is 122 Å². The largest absolute Gasteiger partial charge is 0.490 e. The van der Waals surface area contributed by atoms with Crippen LogP contribution in [0.5, 0.6) is 17.2 Å². The van der Waals surface area contributed by atoms with E-state index in [4.69, 9.17) is 18.9 Å². The second-order valence-electron chi connectivity index (χ2n) is 9.78. The Morgan fingerprint density at radius 1 is 1.04 bits per heavy atom. The maximum absolute atomic E-state index is 14.0. The molecule has 0 spiro atoms. The van der Waals surface area contributed by atoms with Crippen molar-refractivity contribution in [2.75, 3.05) is 20.3 Å². The van der Waals surface area contributed by atoms with Gasteiger partial charge in [-0.15, -0.1) is 0 Å². The Morgan fingerprint density at radius 3 is 2.43 bits per heavy atom. The number of benzene rings is 3. The molecule has 0 unspecified atom stereocenters. The third-order valence-corrected chi connectivity index (χ3v) is 9.01. The molecule has 0 saturated carbocycles. The summed E-state index contributed by atoms with van der Waals surface area (Å²) in [6, 6.07) is 14.3. The molecule has 4 aromatic rings. The maximum atomic E-state index is 14.0. The molecule has 1 aliphatic heterocycles. The summed E-state index contributed by atoms with van der Waals surface area (Å²) >= 11 is 8.27. The topological polar surface area (TPSA) is 131 Å². The van der Waals surface area contributed by atoms with E-state index < -0.39 is 16.9 Å². The fourth-order valence-corrected chi connectivity index (χ4v) is 7.27. The first-order valence-corrected chi connectivity index (χ1v) is 16.4. The van der Waals surface area contributed by atoms with Crippen LogP contribution >= 0.6 is 43.2 Å². The van der Waals surface area contributed by atoms with Gasteiger partial charge in [-0.1, -0.05) is 29.5 Å². The van der Waals surface area contributed by atoms with Crippen molar-refractivity contribution in [3.8, 4) is 17.2 Å². The monoisotopic (exact) mass is 771 g/mol. The molecule has 0 aliphatic carbocycles. The number of nitro groups is 1. The van der Waals surface area contributed by atoms with Crippen molar-refractivity contribution in [2.24, 2.45) is 4.99 Å². The fraction of sp³-hybridized carbons (Fsp3) is 0.219. The van der Waals surface area contributed by atoms with E-state index in [1.54, 1.807) is 48.5 Å². The molecule has 0 N–H and O–H groups in total. The fourth-order valence-electron chi connectivity index (χ4n) is 4.85. The quantitative estimate of drug-likeness (QED) is 0.106. The molecular weight excluding hydrogens is 746 g/mol. The zero-order valence-corrected chi connectivity index (χ0v) is 28.8. The van der Waals surface area contributed by atoms with Crippen molar-refractivity contribution < 1.29 is 28.7 Å². The molecule has 1 aromatic heterocycles. The number of fused-ring (bicyclic) bond motifs is 1. The molecule has 1 atom stereocenters. The van der Waals surface area contributed by atoms with Gasteiger partial charge in [0.1, 0.15) is 12.4 Å². The van der Waals surface area contributed by atoms with Crippen molar-refractivity contribution >= 4 is 60.9 Å². The minimum absolute atomic E-state index is 0.0192. The summed E-state index contributed by atoms with van der Waals surface area (Å²) in [5.74, 6) is 0.933. The molecule has 0 radical (unpaired) electrons. The summed E-state index contributed by atoms with van der Waals surface area (Å²) < 4.78 is 25.6. The zero-order valence-electron chi connectivity index (χ0n) is 24.8. The van der Waals surface area contributed by atoms with Crippen LogP contribution in [0.1, 0.15) is 36.6 Å². The lowest BCUT2D eigenvalue weighted by molar-refractivity contribution is -0.384. The lowest BCUT2D eigenvalue weighted by atomic mass is 9.97. The number of ether oxygens (including phenoxy) is 4. The molecule has 0 fully saturated rings. The standard InChI is InChI=1S/C32H27Br2N3O8S/c1-4-43-25-10-9-20(15-26(25)44-5-2)28-22(31(39)42-3)16-35-32-36(28)30(38)27(46-32)14-19-12-23(33)29(24(34)13-19)45-17-18-7-6-8-21(11-18)37(40)41/h6-16,28H,4-5,17H2,1-3H3/b27-14-/t28-/m1/s1.